The van der Waals surface area contributed by atoms with Crippen molar-refractivity contribution in [3.63, 3.8) is 0 Å². The molecule has 12 aromatic rings. The van der Waals surface area contributed by atoms with Crippen molar-refractivity contribution in [2.24, 2.45) is 19.8 Å². The number of pyridine rings is 1. The summed E-state index contributed by atoms with van der Waals surface area (Å²) in [5.41, 5.74) is 34.1. The Morgan fingerprint density at radius 1 is 0.562 bits per heavy atom. The van der Waals surface area contributed by atoms with Crippen molar-refractivity contribution in [2.45, 2.75) is 46.0 Å². The Bertz CT molecular complexity index is 4360. The number of allylic oxidation sites excluding steroid dienone is 2. The average molecular weight is 945 g/mol. The van der Waals surface area contributed by atoms with Crippen LogP contribution in [0.5, 0.6) is 0 Å². The van der Waals surface area contributed by atoms with E-state index in [-0.39, 0.29) is 0 Å². The number of benzene rings is 8. The SMILES string of the molecule is CC/C=C(\C=C/N)N(C)c1ccc(-c2ccc3c(c2)c2ccccc2n3C)cc1-c1cc2c3c(c1)CCc1c-3c(cc3c4cc(-c5ccc6c(c5)c5ccccc5n6C)ccc4n(-c4ccnc(C)c4)c13)CC2. The summed E-state index contributed by atoms with van der Waals surface area (Å²) >= 11 is 0. The van der Waals surface area contributed by atoms with E-state index in [2.05, 4.69) is 216 Å². The highest BCUT2D eigenvalue weighted by molar-refractivity contribution is 6.15. The maximum atomic E-state index is 6.08. The van der Waals surface area contributed by atoms with Gasteiger partial charge in [-0.05, 0) is 191 Å². The van der Waals surface area contributed by atoms with Crippen molar-refractivity contribution < 1.29 is 0 Å². The lowest BCUT2D eigenvalue weighted by Gasteiger charge is -2.32. The Labute approximate surface area is 425 Å². The Morgan fingerprint density at radius 3 is 1.73 bits per heavy atom. The molecule has 0 radical (unpaired) electrons. The molecule has 354 valence electrons. The van der Waals surface area contributed by atoms with Gasteiger partial charge in [-0.1, -0.05) is 85.8 Å². The minimum Gasteiger partial charge on any atom is -0.405 e. The molecule has 6 heteroatoms. The van der Waals surface area contributed by atoms with E-state index in [1.54, 1.807) is 6.20 Å². The van der Waals surface area contributed by atoms with Crippen LogP contribution in [0.25, 0.3) is 116 Å². The molecule has 8 aromatic carbocycles. The average Bonchev–Trinajstić information content (AvgIpc) is 4.02. The highest BCUT2D eigenvalue weighted by Gasteiger charge is 2.31. The summed E-state index contributed by atoms with van der Waals surface area (Å²) < 4.78 is 7.16. The summed E-state index contributed by atoms with van der Waals surface area (Å²) in [7, 11) is 6.52. The smallest absolute Gasteiger partial charge is 0.0579 e. The van der Waals surface area contributed by atoms with Crippen molar-refractivity contribution in [1.29, 1.82) is 0 Å². The van der Waals surface area contributed by atoms with E-state index in [1.165, 1.54) is 132 Å². The topological polar surface area (TPSA) is 56.9 Å². The summed E-state index contributed by atoms with van der Waals surface area (Å²) in [6.07, 6.45) is 12.7. The fourth-order valence-corrected chi connectivity index (χ4v) is 13.1. The van der Waals surface area contributed by atoms with Crippen LogP contribution in [0.4, 0.5) is 5.69 Å². The number of nitrogens with two attached hydrogens (primary N) is 1. The van der Waals surface area contributed by atoms with Gasteiger partial charge in [0.25, 0.3) is 0 Å². The van der Waals surface area contributed by atoms with E-state index >= 15 is 0 Å². The number of hydrogen-bond acceptors (Lipinski definition) is 3. The first-order valence-corrected chi connectivity index (χ1v) is 25.9. The van der Waals surface area contributed by atoms with Crippen LogP contribution in [0.15, 0.2) is 182 Å². The van der Waals surface area contributed by atoms with Crippen molar-refractivity contribution in [3.05, 3.63) is 210 Å². The molecular formula is C67H56N6. The molecule has 4 aromatic heterocycles. The summed E-state index contributed by atoms with van der Waals surface area (Å²) in [6.45, 7) is 4.28. The number of hydrogen-bond donors (Lipinski definition) is 1. The highest BCUT2D eigenvalue weighted by atomic mass is 15.1. The molecule has 0 bridgehead atoms. The van der Waals surface area contributed by atoms with Gasteiger partial charge >= 0.3 is 0 Å². The number of nitrogens with zero attached hydrogens (tertiary/aromatic N) is 5. The zero-order valence-corrected chi connectivity index (χ0v) is 42.1. The van der Waals surface area contributed by atoms with Gasteiger partial charge in [-0.15, -0.1) is 0 Å². The van der Waals surface area contributed by atoms with E-state index in [0.29, 0.717) is 0 Å². The molecule has 0 atom stereocenters. The third kappa shape index (κ3) is 6.52. The first kappa shape index (κ1) is 43.2. The fourth-order valence-electron chi connectivity index (χ4n) is 13.1. The van der Waals surface area contributed by atoms with Gasteiger partial charge in [-0.3, -0.25) is 4.98 Å². The number of anilines is 1. The van der Waals surface area contributed by atoms with Gasteiger partial charge in [0.1, 0.15) is 0 Å². The van der Waals surface area contributed by atoms with Crippen LogP contribution < -0.4 is 10.6 Å². The standard InChI is InChI=1S/C67H56N6/c1-6-11-49(28-30-68)70(3)61-24-19-41(42-20-25-62-55(36-42)51-12-7-9-14-59(51)71(62)4)35-54(61)48-33-45-16-17-47-39-58-57-38-44(43-21-26-63-56(37-43)52-13-8-10-15-60(52)72(63)5)22-27-64(57)73(50-29-31-69-40(2)32-50)67(58)53-23-18-46(34-48)65(45)66(47)53/h7-15,19-22,24-39H,6,16-18,23,68H2,1-5H3/b30-28-,49-11+. The number of rotatable bonds is 8. The third-order valence-corrected chi connectivity index (χ3v) is 16.5. The number of likely N-dealkylation sites (N-methyl/N-ethyl adjacent to an activating group) is 1. The second-order valence-electron chi connectivity index (χ2n) is 20.5. The molecule has 0 aliphatic heterocycles. The Morgan fingerprint density at radius 2 is 1.11 bits per heavy atom. The van der Waals surface area contributed by atoms with Crippen LogP contribution in [0.1, 0.15) is 41.3 Å². The number of aromatic nitrogens is 4. The quantitative estimate of drug-likeness (QED) is 0.154. The van der Waals surface area contributed by atoms with Gasteiger partial charge in [-0.25, -0.2) is 0 Å². The maximum Gasteiger partial charge on any atom is 0.0579 e. The Balaban J connectivity index is 0.946. The summed E-state index contributed by atoms with van der Waals surface area (Å²) in [5, 5.41) is 7.77. The summed E-state index contributed by atoms with van der Waals surface area (Å²) in [6, 6.07) is 57.6. The largest absolute Gasteiger partial charge is 0.405 e. The molecular weight excluding hydrogens is 889 g/mol. The molecule has 0 saturated heterocycles. The highest BCUT2D eigenvalue weighted by Crippen LogP contribution is 2.50. The van der Waals surface area contributed by atoms with Crippen LogP contribution in [-0.2, 0) is 39.8 Å². The molecule has 0 fully saturated rings. The van der Waals surface area contributed by atoms with Gasteiger partial charge in [-0.2, -0.15) is 0 Å². The zero-order chi connectivity index (χ0) is 49.2. The lowest BCUT2D eigenvalue weighted by Crippen LogP contribution is -2.17. The van der Waals surface area contributed by atoms with Crippen molar-refractivity contribution in [3.8, 4) is 50.2 Å². The maximum absolute atomic E-state index is 6.08. The van der Waals surface area contributed by atoms with Gasteiger partial charge in [0.05, 0.1) is 11.0 Å². The molecule has 6 nitrogen and oxygen atoms in total. The second-order valence-corrected chi connectivity index (χ2v) is 20.5. The van der Waals surface area contributed by atoms with Gasteiger partial charge in [0.15, 0.2) is 0 Å². The summed E-state index contributed by atoms with van der Waals surface area (Å²) in [4.78, 5) is 6.96. The van der Waals surface area contributed by atoms with E-state index in [4.69, 9.17) is 5.73 Å². The molecule has 2 aliphatic rings. The molecule has 0 unspecified atom stereocenters. The number of aryl methyl sites for hydroxylation is 7. The second kappa shape index (κ2) is 16.5. The van der Waals surface area contributed by atoms with Crippen molar-refractivity contribution in [2.75, 3.05) is 11.9 Å². The fraction of sp³-hybridized carbons (Fsp3) is 0.149. The molecule has 0 saturated carbocycles. The number of fused-ring (bicyclic) bond motifs is 10. The van der Waals surface area contributed by atoms with Crippen LogP contribution >= 0.6 is 0 Å². The lowest BCUT2D eigenvalue weighted by molar-refractivity contribution is 0.880. The van der Waals surface area contributed by atoms with Crippen LogP contribution in [-0.4, -0.2) is 25.7 Å². The summed E-state index contributed by atoms with van der Waals surface area (Å²) in [5.74, 6) is 0. The normalized spacial score (nSPS) is 13.5. The molecule has 2 N–H and O–H groups in total. The first-order chi connectivity index (χ1) is 35.8. The van der Waals surface area contributed by atoms with Crippen LogP contribution in [0.3, 0.4) is 0 Å². The zero-order valence-electron chi connectivity index (χ0n) is 42.1. The Kier molecular flexibility index (Phi) is 9.75. The first-order valence-electron chi connectivity index (χ1n) is 25.9. The molecule has 2 aliphatic carbocycles. The monoisotopic (exact) mass is 944 g/mol. The molecule has 4 heterocycles. The van der Waals surface area contributed by atoms with Crippen LogP contribution in [0.2, 0.25) is 0 Å². The Hall–Kier alpha value is -8.61. The predicted molar refractivity (Wildman–Crippen MR) is 308 cm³/mol. The molecule has 0 amide bonds. The molecule has 73 heavy (non-hydrogen) atoms. The minimum absolute atomic E-state index is 0.906. The lowest BCUT2D eigenvalue weighted by atomic mass is 9.73. The van der Waals surface area contributed by atoms with E-state index in [9.17, 15) is 0 Å². The van der Waals surface area contributed by atoms with Crippen molar-refractivity contribution in [1.82, 2.24) is 18.7 Å². The van der Waals surface area contributed by atoms with E-state index in [0.717, 1.165) is 54.9 Å². The third-order valence-electron chi connectivity index (χ3n) is 16.5. The van der Waals surface area contributed by atoms with Crippen molar-refractivity contribution >= 4 is 71.1 Å². The van der Waals surface area contributed by atoms with Crippen LogP contribution in [0, 0.1) is 6.92 Å². The molecule has 0 spiro atoms. The van der Waals surface area contributed by atoms with E-state index < -0.39 is 0 Å². The predicted octanol–water partition coefficient (Wildman–Crippen LogP) is 15.8. The van der Waals surface area contributed by atoms with Gasteiger partial charge < -0.3 is 24.3 Å². The van der Waals surface area contributed by atoms with E-state index in [1.807, 2.05) is 12.3 Å². The van der Waals surface area contributed by atoms with Gasteiger partial charge in [0.2, 0.25) is 0 Å². The minimum atomic E-state index is 0.906. The number of para-hydroxylation sites is 2. The molecule has 14 rings (SSSR count). The van der Waals surface area contributed by atoms with Gasteiger partial charge in [0, 0.05) is 110 Å².